The van der Waals surface area contributed by atoms with Crippen molar-refractivity contribution in [2.45, 2.75) is 25.9 Å². The van der Waals surface area contributed by atoms with Gasteiger partial charge in [0.2, 0.25) is 5.91 Å². The molecule has 2 aliphatic heterocycles. The molecule has 5 nitrogen and oxygen atoms in total. The Labute approximate surface area is 131 Å². The van der Waals surface area contributed by atoms with Crippen molar-refractivity contribution in [3.8, 4) is 11.5 Å². The number of para-hydroxylation sites is 2. The van der Waals surface area contributed by atoms with Gasteiger partial charge in [-0.05, 0) is 25.0 Å². The van der Waals surface area contributed by atoms with E-state index in [9.17, 15) is 4.79 Å². The van der Waals surface area contributed by atoms with E-state index in [2.05, 4.69) is 6.92 Å². The molecule has 1 amide bonds. The number of amides is 1. The van der Waals surface area contributed by atoms with Crippen LogP contribution in [0.5, 0.6) is 11.5 Å². The molecule has 0 saturated carbocycles. The number of rotatable bonds is 5. The van der Waals surface area contributed by atoms with Gasteiger partial charge in [-0.15, -0.1) is 0 Å². The molecule has 1 aromatic carbocycles. The fourth-order valence-electron chi connectivity index (χ4n) is 2.95. The molecule has 0 unspecified atom stereocenters. The highest BCUT2D eigenvalue weighted by Gasteiger charge is 2.31. The minimum atomic E-state index is -0.118. The summed E-state index contributed by atoms with van der Waals surface area (Å²) in [5, 5.41) is 0. The van der Waals surface area contributed by atoms with E-state index in [1.807, 2.05) is 29.2 Å². The lowest BCUT2D eigenvalue weighted by Gasteiger charge is -2.32. The zero-order valence-corrected chi connectivity index (χ0v) is 13.0. The second-order valence-corrected chi connectivity index (χ2v) is 5.84. The van der Waals surface area contributed by atoms with E-state index < -0.39 is 0 Å². The van der Waals surface area contributed by atoms with Gasteiger partial charge in [0, 0.05) is 13.2 Å². The molecule has 5 heteroatoms. The molecule has 22 heavy (non-hydrogen) atoms. The Morgan fingerprint density at radius 3 is 2.82 bits per heavy atom. The maximum absolute atomic E-state index is 12.6. The lowest BCUT2D eigenvalue weighted by molar-refractivity contribution is -0.137. The van der Waals surface area contributed by atoms with Crippen LogP contribution in [0, 0.1) is 5.92 Å². The summed E-state index contributed by atoms with van der Waals surface area (Å²) in [4.78, 5) is 14.5. The largest absolute Gasteiger partial charge is 0.486 e. The zero-order chi connectivity index (χ0) is 15.4. The Hall–Kier alpha value is -1.75. The van der Waals surface area contributed by atoms with Crippen molar-refractivity contribution >= 4 is 5.91 Å². The van der Waals surface area contributed by atoms with Crippen LogP contribution in [0.2, 0.25) is 0 Å². The summed E-state index contributed by atoms with van der Waals surface area (Å²) in [6, 6.07) is 7.65. The summed E-state index contributed by atoms with van der Waals surface area (Å²) in [7, 11) is 0. The van der Waals surface area contributed by atoms with Gasteiger partial charge in [-0.2, -0.15) is 0 Å². The molecule has 0 bridgehead atoms. The van der Waals surface area contributed by atoms with Gasteiger partial charge in [-0.3, -0.25) is 4.79 Å². The molecule has 0 N–H and O–H groups in total. The number of hydrogen-bond donors (Lipinski definition) is 0. The topological polar surface area (TPSA) is 48.0 Å². The van der Waals surface area contributed by atoms with Crippen molar-refractivity contribution in [2.24, 2.45) is 5.92 Å². The normalized spacial score (nSPS) is 23.3. The van der Waals surface area contributed by atoms with Crippen molar-refractivity contribution in [2.75, 3.05) is 32.9 Å². The van der Waals surface area contributed by atoms with Crippen molar-refractivity contribution in [3.63, 3.8) is 0 Å². The van der Waals surface area contributed by atoms with Crippen LogP contribution >= 0.6 is 0 Å². The first kappa shape index (κ1) is 15.2. The van der Waals surface area contributed by atoms with Gasteiger partial charge in [0.1, 0.15) is 6.61 Å². The number of carbonyl (C=O) groups is 1. The van der Waals surface area contributed by atoms with Crippen LogP contribution in [-0.2, 0) is 9.53 Å². The second-order valence-electron chi connectivity index (χ2n) is 5.84. The van der Waals surface area contributed by atoms with Gasteiger partial charge in [0.25, 0.3) is 0 Å². The van der Waals surface area contributed by atoms with Crippen LogP contribution in [0.3, 0.4) is 0 Å². The van der Waals surface area contributed by atoms with E-state index in [4.69, 9.17) is 14.2 Å². The summed E-state index contributed by atoms with van der Waals surface area (Å²) < 4.78 is 17.0. The molecule has 0 aliphatic carbocycles. The van der Waals surface area contributed by atoms with Gasteiger partial charge >= 0.3 is 0 Å². The third-order valence-corrected chi connectivity index (χ3v) is 4.08. The maximum atomic E-state index is 12.6. The number of fused-ring (bicyclic) bond motifs is 1. The van der Waals surface area contributed by atoms with Gasteiger partial charge in [0.05, 0.1) is 19.1 Å². The van der Waals surface area contributed by atoms with Gasteiger partial charge in [-0.1, -0.05) is 19.1 Å². The maximum Gasteiger partial charge on any atom is 0.228 e. The highest BCUT2D eigenvalue weighted by atomic mass is 16.6. The van der Waals surface area contributed by atoms with E-state index in [0.717, 1.165) is 30.9 Å². The lowest BCUT2D eigenvalue weighted by atomic mass is 10.1. The predicted octanol–water partition coefficient (Wildman–Crippen LogP) is 2.10. The molecule has 1 aromatic rings. The Morgan fingerprint density at radius 2 is 2.09 bits per heavy atom. The van der Waals surface area contributed by atoms with E-state index in [-0.39, 0.29) is 17.9 Å². The second kappa shape index (κ2) is 7.01. The number of benzene rings is 1. The van der Waals surface area contributed by atoms with E-state index >= 15 is 0 Å². The fourth-order valence-corrected chi connectivity index (χ4v) is 2.95. The van der Waals surface area contributed by atoms with Crippen molar-refractivity contribution in [1.82, 2.24) is 4.90 Å². The van der Waals surface area contributed by atoms with Crippen LogP contribution in [0.25, 0.3) is 0 Å². The third kappa shape index (κ3) is 3.35. The average molecular weight is 305 g/mol. The summed E-state index contributed by atoms with van der Waals surface area (Å²) >= 11 is 0. The Morgan fingerprint density at radius 1 is 1.27 bits per heavy atom. The Bertz CT molecular complexity index is 513. The summed E-state index contributed by atoms with van der Waals surface area (Å²) in [6.07, 6.45) is 1.64. The lowest BCUT2D eigenvalue weighted by Crippen LogP contribution is -2.46. The average Bonchev–Trinajstić information content (AvgIpc) is 3.08. The molecule has 0 aromatic heterocycles. The first-order valence-corrected chi connectivity index (χ1v) is 8.03. The van der Waals surface area contributed by atoms with Crippen LogP contribution in [-0.4, -0.2) is 49.8 Å². The van der Waals surface area contributed by atoms with E-state index in [1.165, 1.54) is 0 Å². The minimum Gasteiger partial charge on any atom is -0.486 e. The fraction of sp³-hybridized carbons (Fsp3) is 0.588. The molecule has 120 valence electrons. The van der Waals surface area contributed by atoms with Crippen LogP contribution in [0.1, 0.15) is 19.8 Å². The smallest absolute Gasteiger partial charge is 0.228 e. The van der Waals surface area contributed by atoms with Gasteiger partial charge in [-0.25, -0.2) is 0 Å². The number of hydrogen-bond acceptors (Lipinski definition) is 4. The molecule has 2 aliphatic rings. The molecule has 0 spiro atoms. The van der Waals surface area contributed by atoms with Gasteiger partial charge < -0.3 is 19.1 Å². The molecule has 1 fully saturated rings. The van der Waals surface area contributed by atoms with Crippen LogP contribution in [0.4, 0.5) is 0 Å². The Balaban J connectivity index is 1.63. The standard InChI is InChI=1S/C17H23NO4/c1-2-8-18(17(19)13-7-9-20-11-13)10-14-12-21-15-5-3-4-6-16(15)22-14/h3-6,13-14H,2,7-12H2,1H3/t13-,14+/m0/s1. The third-order valence-electron chi connectivity index (χ3n) is 4.08. The molecule has 2 atom stereocenters. The van der Waals surface area contributed by atoms with Crippen molar-refractivity contribution < 1.29 is 19.0 Å². The highest BCUT2D eigenvalue weighted by molar-refractivity contribution is 5.79. The number of ether oxygens (including phenoxy) is 3. The predicted molar refractivity (Wildman–Crippen MR) is 82.2 cm³/mol. The SMILES string of the molecule is CCCN(C[C@@H]1COc2ccccc2O1)C(=O)[C@H]1CCOC1. The van der Waals surface area contributed by atoms with Crippen LogP contribution in [0.15, 0.2) is 24.3 Å². The van der Waals surface area contributed by atoms with Gasteiger partial charge in [0.15, 0.2) is 17.6 Å². The highest BCUT2D eigenvalue weighted by Crippen LogP contribution is 2.31. The molecule has 0 radical (unpaired) electrons. The first-order valence-electron chi connectivity index (χ1n) is 8.03. The van der Waals surface area contributed by atoms with E-state index in [0.29, 0.717) is 26.4 Å². The zero-order valence-electron chi connectivity index (χ0n) is 13.0. The molecule has 2 heterocycles. The van der Waals surface area contributed by atoms with E-state index in [1.54, 1.807) is 0 Å². The summed E-state index contributed by atoms with van der Waals surface area (Å²) in [6.45, 7) is 5.11. The number of carbonyl (C=O) groups excluding carboxylic acids is 1. The number of nitrogens with zero attached hydrogens (tertiary/aromatic N) is 1. The molecular formula is C17H23NO4. The van der Waals surface area contributed by atoms with Crippen LogP contribution < -0.4 is 9.47 Å². The molecular weight excluding hydrogens is 282 g/mol. The van der Waals surface area contributed by atoms with Crippen molar-refractivity contribution in [3.05, 3.63) is 24.3 Å². The quantitative estimate of drug-likeness (QED) is 0.836. The Kier molecular flexibility index (Phi) is 4.83. The first-order chi connectivity index (χ1) is 10.8. The molecule has 3 rings (SSSR count). The molecule has 1 saturated heterocycles. The summed E-state index contributed by atoms with van der Waals surface area (Å²) in [5.74, 6) is 1.72. The monoisotopic (exact) mass is 305 g/mol. The van der Waals surface area contributed by atoms with Crippen molar-refractivity contribution in [1.29, 1.82) is 0 Å². The minimum absolute atomic E-state index is 0.00310. The summed E-state index contributed by atoms with van der Waals surface area (Å²) in [5.41, 5.74) is 0.